The minimum absolute atomic E-state index is 0.0421. The fraction of sp³-hybridized carbons (Fsp3) is 0.318. The number of aromatic nitrogens is 2. The first-order chi connectivity index (χ1) is 13.5. The van der Waals surface area contributed by atoms with Gasteiger partial charge in [-0.25, -0.2) is 4.98 Å². The van der Waals surface area contributed by atoms with E-state index in [9.17, 15) is 9.59 Å². The maximum atomic E-state index is 12.3. The van der Waals surface area contributed by atoms with Crippen LogP contribution in [0.15, 0.2) is 48.5 Å². The van der Waals surface area contributed by atoms with Gasteiger partial charge in [0.15, 0.2) is 0 Å². The first kappa shape index (κ1) is 19.6. The summed E-state index contributed by atoms with van der Waals surface area (Å²) >= 11 is 0. The van der Waals surface area contributed by atoms with Gasteiger partial charge in [0.2, 0.25) is 5.91 Å². The van der Waals surface area contributed by atoms with Gasteiger partial charge in [-0.2, -0.15) is 0 Å². The number of para-hydroxylation sites is 2. The Kier molecular flexibility index (Phi) is 6.09. The van der Waals surface area contributed by atoms with Crippen LogP contribution in [0.25, 0.3) is 11.0 Å². The summed E-state index contributed by atoms with van der Waals surface area (Å²) in [6.07, 6.45) is 0.815. The third-order valence-electron chi connectivity index (χ3n) is 4.63. The molecule has 0 aliphatic rings. The quantitative estimate of drug-likeness (QED) is 0.615. The molecule has 28 heavy (non-hydrogen) atoms. The number of benzene rings is 2. The Morgan fingerprint density at radius 1 is 1.07 bits per heavy atom. The van der Waals surface area contributed by atoms with Gasteiger partial charge in [-0.05, 0) is 49.7 Å². The molecule has 2 amide bonds. The molecular formula is C22H26N4O2. The maximum absolute atomic E-state index is 12.3. The fourth-order valence-corrected chi connectivity index (χ4v) is 3.01. The van der Waals surface area contributed by atoms with Crippen LogP contribution < -0.4 is 10.6 Å². The van der Waals surface area contributed by atoms with Gasteiger partial charge >= 0.3 is 0 Å². The molecule has 2 aromatic carbocycles. The van der Waals surface area contributed by atoms with Gasteiger partial charge < -0.3 is 15.2 Å². The van der Waals surface area contributed by atoms with Crippen molar-refractivity contribution in [2.24, 2.45) is 5.92 Å². The highest BCUT2D eigenvalue weighted by Crippen LogP contribution is 2.16. The molecule has 1 aromatic heterocycles. The molecule has 0 saturated carbocycles. The summed E-state index contributed by atoms with van der Waals surface area (Å²) in [7, 11) is 0. The number of carbonyl (C=O) groups is 2. The van der Waals surface area contributed by atoms with Gasteiger partial charge in [0.25, 0.3) is 5.91 Å². The van der Waals surface area contributed by atoms with Crippen molar-refractivity contribution in [3.8, 4) is 0 Å². The maximum Gasteiger partial charge on any atom is 0.251 e. The van der Waals surface area contributed by atoms with Gasteiger partial charge in [0.1, 0.15) is 5.82 Å². The van der Waals surface area contributed by atoms with Crippen LogP contribution in [-0.2, 0) is 11.3 Å². The normalized spacial score (nSPS) is 11.0. The summed E-state index contributed by atoms with van der Waals surface area (Å²) in [6, 6.07) is 15.0. The Hall–Kier alpha value is -3.15. The number of anilines is 1. The van der Waals surface area contributed by atoms with E-state index in [1.54, 1.807) is 24.3 Å². The van der Waals surface area contributed by atoms with E-state index in [-0.39, 0.29) is 17.7 Å². The molecule has 0 radical (unpaired) electrons. The van der Waals surface area contributed by atoms with Crippen molar-refractivity contribution in [2.75, 3.05) is 11.9 Å². The zero-order valence-corrected chi connectivity index (χ0v) is 16.5. The lowest BCUT2D eigenvalue weighted by Gasteiger charge is -2.10. The Morgan fingerprint density at radius 3 is 2.50 bits per heavy atom. The smallest absolute Gasteiger partial charge is 0.251 e. The second-order valence-corrected chi connectivity index (χ2v) is 7.13. The van der Waals surface area contributed by atoms with E-state index in [0.717, 1.165) is 29.8 Å². The third-order valence-corrected chi connectivity index (χ3v) is 4.63. The Balaban J connectivity index is 1.50. The van der Waals surface area contributed by atoms with Gasteiger partial charge in [0, 0.05) is 30.3 Å². The number of nitrogens with zero attached hydrogens (tertiary/aromatic N) is 2. The molecule has 0 unspecified atom stereocenters. The van der Waals surface area contributed by atoms with Crippen molar-refractivity contribution >= 4 is 28.5 Å². The first-order valence-corrected chi connectivity index (χ1v) is 9.56. The van der Waals surface area contributed by atoms with Gasteiger partial charge in [-0.1, -0.05) is 26.0 Å². The molecule has 3 rings (SSSR count). The summed E-state index contributed by atoms with van der Waals surface area (Å²) in [5.41, 5.74) is 3.38. The number of fused-ring (bicyclic) bond motifs is 1. The van der Waals surface area contributed by atoms with Crippen LogP contribution in [0, 0.1) is 12.8 Å². The van der Waals surface area contributed by atoms with Crippen LogP contribution in [0.5, 0.6) is 0 Å². The van der Waals surface area contributed by atoms with Crippen LogP contribution >= 0.6 is 0 Å². The molecule has 6 nitrogen and oxygen atoms in total. The number of imidazole rings is 1. The zero-order valence-electron chi connectivity index (χ0n) is 16.5. The summed E-state index contributed by atoms with van der Waals surface area (Å²) < 4.78 is 2.17. The Labute approximate surface area is 165 Å². The summed E-state index contributed by atoms with van der Waals surface area (Å²) in [5, 5.41) is 5.76. The lowest BCUT2D eigenvalue weighted by Crippen LogP contribution is -2.25. The average molecular weight is 378 g/mol. The average Bonchev–Trinajstić information content (AvgIpc) is 3.00. The molecular weight excluding hydrogens is 352 g/mol. The lowest BCUT2D eigenvalue weighted by atomic mass is 10.1. The second-order valence-electron chi connectivity index (χ2n) is 7.13. The number of hydrogen-bond acceptors (Lipinski definition) is 3. The van der Waals surface area contributed by atoms with Crippen molar-refractivity contribution in [1.82, 2.24) is 14.9 Å². The van der Waals surface area contributed by atoms with Crippen molar-refractivity contribution in [3.63, 3.8) is 0 Å². The second kappa shape index (κ2) is 8.69. The molecule has 0 aliphatic carbocycles. The third kappa shape index (κ3) is 4.57. The molecule has 1 heterocycles. The topological polar surface area (TPSA) is 76.0 Å². The fourth-order valence-electron chi connectivity index (χ4n) is 3.01. The monoisotopic (exact) mass is 378 g/mol. The zero-order chi connectivity index (χ0) is 20.1. The molecule has 0 aliphatic heterocycles. The van der Waals surface area contributed by atoms with E-state index >= 15 is 0 Å². The van der Waals surface area contributed by atoms with Gasteiger partial charge in [-0.3, -0.25) is 9.59 Å². The highest BCUT2D eigenvalue weighted by atomic mass is 16.2. The number of rotatable bonds is 7. The van der Waals surface area contributed by atoms with E-state index in [1.165, 1.54) is 0 Å². The van der Waals surface area contributed by atoms with Crippen LogP contribution in [0.1, 0.15) is 36.5 Å². The van der Waals surface area contributed by atoms with Crippen LogP contribution in [0.2, 0.25) is 0 Å². The standard InChI is InChI=1S/C22H26N4O2/c1-15(2)21(27)25-18-11-9-17(10-12-18)22(28)23-13-6-14-26-16(3)24-19-7-4-5-8-20(19)26/h4-5,7-12,15H,6,13-14H2,1-3H3,(H,23,28)(H,25,27). The van der Waals surface area contributed by atoms with Crippen molar-refractivity contribution in [3.05, 3.63) is 59.9 Å². The molecule has 146 valence electrons. The minimum Gasteiger partial charge on any atom is -0.352 e. The van der Waals surface area contributed by atoms with Crippen LogP contribution in [0.3, 0.4) is 0 Å². The molecule has 6 heteroatoms. The van der Waals surface area contributed by atoms with E-state index < -0.39 is 0 Å². The van der Waals surface area contributed by atoms with Crippen molar-refractivity contribution in [1.29, 1.82) is 0 Å². The highest BCUT2D eigenvalue weighted by molar-refractivity contribution is 5.96. The molecule has 0 atom stereocenters. The predicted octanol–water partition coefficient (Wildman–Crippen LogP) is 3.76. The van der Waals surface area contributed by atoms with Crippen molar-refractivity contribution < 1.29 is 9.59 Å². The molecule has 0 saturated heterocycles. The minimum atomic E-state index is -0.117. The lowest BCUT2D eigenvalue weighted by molar-refractivity contribution is -0.118. The van der Waals surface area contributed by atoms with Crippen LogP contribution in [0.4, 0.5) is 5.69 Å². The number of aryl methyl sites for hydroxylation is 2. The van der Waals surface area contributed by atoms with E-state index in [2.05, 4.69) is 26.3 Å². The molecule has 0 bridgehead atoms. The van der Waals surface area contributed by atoms with E-state index in [1.807, 2.05) is 39.0 Å². The largest absolute Gasteiger partial charge is 0.352 e. The van der Waals surface area contributed by atoms with Gasteiger partial charge in [-0.15, -0.1) is 0 Å². The van der Waals surface area contributed by atoms with E-state index in [0.29, 0.717) is 17.8 Å². The summed E-state index contributed by atoms with van der Waals surface area (Å²) in [4.78, 5) is 28.6. The number of carbonyl (C=O) groups excluding carboxylic acids is 2. The highest BCUT2D eigenvalue weighted by Gasteiger charge is 2.09. The summed E-state index contributed by atoms with van der Waals surface area (Å²) in [6.45, 7) is 7.05. The SMILES string of the molecule is Cc1nc2ccccc2n1CCCNC(=O)c1ccc(NC(=O)C(C)C)cc1. The molecule has 0 spiro atoms. The van der Waals surface area contributed by atoms with E-state index in [4.69, 9.17) is 0 Å². The van der Waals surface area contributed by atoms with Gasteiger partial charge in [0.05, 0.1) is 11.0 Å². The first-order valence-electron chi connectivity index (χ1n) is 9.56. The molecule has 0 fully saturated rings. The number of amides is 2. The molecule has 3 aromatic rings. The molecule has 2 N–H and O–H groups in total. The van der Waals surface area contributed by atoms with Crippen molar-refractivity contribution in [2.45, 2.75) is 33.7 Å². The number of hydrogen-bond donors (Lipinski definition) is 2. The Bertz CT molecular complexity index is 974. The predicted molar refractivity (Wildman–Crippen MR) is 111 cm³/mol. The number of nitrogens with one attached hydrogen (secondary N) is 2. The summed E-state index contributed by atoms with van der Waals surface area (Å²) in [5.74, 6) is 0.735. The Morgan fingerprint density at radius 2 is 1.79 bits per heavy atom. The van der Waals surface area contributed by atoms with Crippen LogP contribution in [-0.4, -0.2) is 27.9 Å².